The van der Waals surface area contributed by atoms with Crippen LogP contribution >= 0.6 is 11.3 Å². The highest BCUT2D eigenvalue weighted by molar-refractivity contribution is 7.10. The van der Waals surface area contributed by atoms with Gasteiger partial charge in [0.15, 0.2) is 0 Å². The van der Waals surface area contributed by atoms with E-state index in [1.165, 1.54) is 10.4 Å². The fourth-order valence-electron chi connectivity index (χ4n) is 2.99. The van der Waals surface area contributed by atoms with Gasteiger partial charge in [-0.3, -0.25) is 0 Å². The number of hydrogen-bond acceptors (Lipinski definition) is 5. The molecule has 0 fully saturated rings. The number of aryl methyl sites for hydroxylation is 2. The van der Waals surface area contributed by atoms with Crippen LogP contribution in [-0.2, 0) is 6.54 Å². The first-order chi connectivity index (χ1) is 12.0. The summed E-state index contributed by atoms with van der Waals surface area (Å²) in [6, 6.07) is 10.2. The molecule has 1 aromatic carbocycles. The van der Waals surface area contributed by atoms with Gasteiger partial charge in [0.05, 0.1) is 6.04 Å². The number of benzene rings is 1. The largest absolute Gasteiger partial charge is 0.423 e. The molecule has 3 rings (SSSR count). The van der Waals surface area contributed by atoms with Crippen LogP contribution in [0.2, 0.25) is 0 Å². The van der Waals surface area contributed by atoms with E-state index in [2.05, 4.69) is 54.8 Å². The van der Waals surface area contributed by atoms with Crippen LogP contribution in [0.4, 0.5) is 0 Å². The molecular formula is C20H24N2O2S. The van der Waals surface area contributed by atoms with Crippen molar-refractivity contribution in [1.82, 2.24) is 10.2 Å². The Morgan fingerprint density at radius 3 is 2.64 bits per heavy atom. The Hall–Kier alpha value is -1.95. The molecule has 0 aliphatic rings. The maximum atomic E-state index is 11.9. The lowest BCUT2D eigenvalue weighted by Gasteiger charge is -2.23. The molecule has 0 radical (unpaired) electrons. The molecule has 1 N–H and O–H groups in total. The average molecular weight is 356 g/mol. The Morgan fingerprint density at radius 2 is 1.96 bits per heavy atom. The van der Waals surface area contributed by atoms with Crippen molar-refractivity contribution in [3.8, 4) is 0 Å². The minimum absolute atomic E-state index is 0.296. The number of nitrogens with one attached hydrogen (secondary N) is 1. The predicted octanol–water partition coefficient (Wildman–Crippen LogP) is 3.86. The average Bonchev–Trinajstić information content (AvgIpc) is 3.06. The second-order valence-electron chi connectivity index (χ2n) is 6.65. The van der Waals surface area contributed by atoms with Crippen LogP contribution in [0.25, 0.3) is 11.0 Å². The number of rotatable bonds is 6. The molecule has 132 valence electrons. The van der Waals surface area contributed by atoms with Gasteiger partial charge in [-0.1, -0.05) is 6.07 Å². The molecule has 25 heavy (non-hydrogen) atoms. The van der Waals surface area contributed by atoms with E-state index in [4.69, 9.17) is 4.42 Å². The zero-order chi connectivity index (χ0) is 18.0. The zero-order valence-electron chi connectivity index (χ0n) is 15.1. The third-order valence-electron chi connectivity index (χ3n) is 4.59. The van der Waals surface area contributed by atoms with E-state index in [-0.39, 0.29) is 5.63 Å². The van der Waals surface area contributed by atoms with Crippen LogP contribution in [0.5, 0.6) is 0 Å². The molecule has 3 aromatic rings. The monoisotopic (exact) mass is 356 g/mol. The lowest BCUT2D eigenvalue weighted by molar-refractivity contribution is 0.292. The molecule has 0 bridgehead atoms. The molecule has 1 atom stereocenters. The number of thiophene rings is 1. The Balaban J connectivity index is 1.81. The van der Waals surface area contributed by atoms with Crippen LogP contribution < -0.4 is 10.9 Å². The van der Waals surface area contributed by atoms with E-state index in [1.807, 2.05) is 13.0 Å². The standard InChI is InChI=1S/C20H24N2O2S/c1-13-8-16-15(10-20(23)24-18(16)9-14(13)2)11-21-12-17(22(3)4)19-6-5-7-25-19/h5-10,17,21H,11-12H2,1-4H3/t17-/m1/s1. The van der Waals surface area contributed by atoms with E-state index < -0.39 is 0 Å². The summed E-state index contributed by atoms with van der Waals surface area (Å²) < 4.78 is 5.37. The summed E-state index contributed by atoms with van der Waals surface area (Å²) in [6.45, 7) is 5.57. The highest BCUT2D eigenvalue weighted by atomic mass is 32.1. The van der Waals surface area contributed by atoms with Gasteiger partial charge in [0, 0.05) is 29.4 Å². The van der Waals surface area contributed by atoms with E-state index in [1.54, 1.807) is 17.4 Å². The van der Waals surface area contributed by atoms with Crippen molar-refractivity contribution in [3.63, 3.8) is 0 Å². The van der Waals surface area contributed by atoms with Gasteiger partial charge in [-0.25, -0.2) is 4.79 Å². The van der Waals surface area contributed by atoms with Gasteiger partial charge >= 0.3 is 5.63 Å². The summed E-state index contributed by atoms with van der Waals surface area (Å²) in [4.78, 5) is 15.4. The number of nitrogens with zero attached hydrogens (tertiary/aromatic N) is 1. The first-order valence-electron chi connectivity index (χ1n) is 8.40. The van der Waals surface area contributed by atoms with Crippen LogP contribution in [-0.4, -0.2) is 25.5 Å². The number of fused-ring (bicyclic) bond motifs is 1. The minimum atomic E-state index is -0.296. The molecule has 0 spiro atoms. The molecule has 4 nitrogen and oxygen atoms in total. The van der Waals surface area contributed by atoms with Crippen LogP contribution in [0.3, 0.4) is 0 Å². The highest BCUT2D eigenvalue weighted by Gasteiger charge is 2.15. The van der Waals surface area contributed by atoms with Crippen molar-refractivity contribution in [2.45, 2.75) is 26.4 Å². The van der Waals surface area contributed by atoms with Crippen molar-refractivity contribution in [3.05, 3.63) is 67.7 Å². The summed E-state index contributed by atoms with van der Waals surface area (Å²) in [7, 11) is 4.18. The third kappa shape index (κ3) is 4.00. The van der Waals surface area contributed by atoms with Crippen LogP contribution in [0.1, 0.15) is 27.6 Å². The summed E-state index contributed by atoms with van der Waals surface area (Å²) in [5.41, 5.74) is 3.68. The minimum Gasteiger partial charge on any atom is -0.423 e. The molecule has 0 unspecified atom stereocenters. The number of hydrogen-bond donors (Lipinski definition) is 1. The van der Waals surface area contributed by atoms with Gasteiger partial charge in [-0.05, 0) is 68.2 Å². The topological polar surface area (TPSA) is 45.5 Å². The lowest BCUT2D eigenvalue weighted by Crippen LogP contribution is -2.30. The van der Waals surface area contributed by atoms with Gasteiger partial charge in [0.25, 0.3) is 0 Å². The summed E-state index contributed by atoms with van der Waals surface area (Å²) in [6.07, 6.45) is 0. The van der Waals surface area contributed by atoms with E-state index in [0.717, 1.165) is 23.1 Å². The van der Waals surface area contributed by atoms with E-state index in [9.17, 15) is 4.79 Å². The molecule has 0 saturated carbocycles. The molecule has 0 amide bonds. The van der Waals surface area contributed by atoms with Gasteiger partial charge in [0.1, 0.15) is 5.58 Å². The highest BCUT2D eigenvalue weighted by Crippen LogP contribution is 2.24. The SMILES string of the molecule is Cc1cc2oc(=O)cc(CNC[C@H](c3cccs3)N(C)C)c2cc1C. The Labute approximate surface area is 152 Å². The molecule has 0 saturated heterocycles. The first-order valence-corrected chi connectivity index (χ1v) is 9.28. The third-order valence-corrected chi connectivity index (χ3v) is 5.57. The molecule has 2 aromatic heterocycles. The van der Waals surface area contributed by atoms with Crippen molar-refractivity contribution in [2.75, 3.05) is 20.6 Å². The molecular weight excluding hydrogens is 332 g/mol. The molecule has 0 aliphatic carbocycles. The van der Waals surface area contributed by atoms with Gasteiger partial charge in [0.2, 0.25) is 0 Å². The number of likely N-dealkylation sites (N-methyl/N-ethyl adjacent to an activating group) is 1. The Bertz CT molecular complexity index is 913. The molecule has 2 heterocycles. The summed E-state index contributed by atoms with van der Waals surface area (Å²) in [5.74, 6) is 0. The van der Waals surface area contributed by atoms with E-state index in [0.29, 0.717) is 18.2 Å². The Morgan fingerprint density at radius 1 is 1.20 bits per heavy atom. The molecule has 0 aliphatic heterocycles. The zero-order valence-corrected chi connectivity index (χ0v) is 15.9. The van der Waals surface area contributed by atoms with Crippen molar-refractivity contribution < 1.29 is 4.42 Å². The predicted molar refractivity (Wildman–Crippen MR) is 104 cm³/mol. The second-order valence-corrected chi connectivity index (χ2v) is 7.63. The maximum Gasteiger partial charge on any atom is 0.336 e. The normalized spacial score (nSPS) is 12.8. The summed E-state index contributed by atoms with van der Waals surface area (Å²) >= 11 is 1.77. The van der Waals surface area contributed by atoms with E-state index >= 15 is 0 Å². The van der Waals surface area contributed by atoms with Crippen molar-refractivity contribution >= 4 is 22.3 Å². The molecule has 5 heteroatoms. The van der Waals surface area contributed by atoms with Crippen LogP contribution in [0, 0.1) is 13.8 Å². The Kier molecular flexibility index (Phi) is 5.37. The van der Waals surface area contributed by atoms with Crippen molar-refractivity contribution in [1.29, 1.82) is 0 Å². The lowest BCUT2D eigenvalue weighted by atomic mass is 10.0. The fourth-order valence-corrected chi connectivity index (χ4v) is 3.91. The van der Waals surface area contributed by atoms with Crippen LogP contribution in [0.15, 0.2) is 44.9 Å². The van der Waals surface area contributed by atoms with Crippen molar-refractivity contribution in [2.24, 2.45) is 0 Å². The van der Waals surface area contributed by atoms with Gasteiger partial charge in [-0.2, -0.15) is 0 Å². The fraction of sp³-hybridized carbons (Fsp3) is 0.350. The second kappa shape index (κ2) is 7.52. The first kappa shape index (κ1) is 17.9. The summed E-state index contributed by atoms with van der Waals surface area (Å²) in [5, 5.41) is 6.62. The smallest absolute Gasteiger partial charge is 0.336 e. The van der Waals surface area contributed by atoms with Gasteiger partial charge < -0.3 is 14.6 Å². The quantitative estimate of drug-likeness (QED) is 0.681. The maximum absolute atomic E-state index is 11.9. The van der Waals surface area contributed by atoms with Gasteiger partial charge in [-0.15, -0.1) is 11.3 Å².